The van der Waals surface area contributed by atoms with Crippen molar-refractivity contribution < 1.29 is 38.0 Å². The molecule has 1 aliphatic rings. The summed E-state index contributed by atoms with van der Waals surface area (Å²) in [6, 6.07) is 38.1. The van der Waals surface area contributed by atoms with Crippen LogP contribution in [0.1, 0.15) is 25.0 Å². The van der Waals surface area contributed by atoms with Gasteiger partial charge in [0.15, 0.2) is 5.71 Å². The minimum absolute atomic E-state index is 0. The van der Waals surface area contributed by atoms with E-state index in [2.05, 4.69) is 127 Å². The van der Waals surface area contributed by atoms with Gasteiger partial charge >= 0.3 is 0 Å². The first-order chi connectivity index (χ1) is 19.9. The van der Waals surface area contributed by atoms with Crippen LogP contribution in [-0.4, -0.2) is 31.6 Å². The van der Waals surface area contributed by atoms with E-state index in [1.807, 2.05) is 24.3 Å². The number of allylic oxidation sites excluding steroid dienone is 1. The zero-order valence-corrected chi connectivity index (χ0v) is 26.8. The number of fused-ring (bicyclic) bond motifs is 3. The van der Waals surface area contributed by atoms with Crippen LogP contribution in [-0.2, 0) is 5.41 Å². The van der Waals surface area contributed by atoms with Gasteiger partial charge in [-0.1, -0.05) is 36.4 Å². The Balaban J connectivity index is 0.00000353. The summed E-state index contributed by atoms with van der Waals surface area (Å²) in [4.78, 5) is 2.23. The Hall–Kier alpha value is -4.10. The number of nitrogens with zero attached hydrogens (tertiary/aromatic N) is 2. The zero-order valence-electron chi connectivity index (χ0n) is 24.6. The van der Waals surface area contributed by atoms with Crippen molar-refractivity contribution in [1.82, 2.24) is 0 Å². The molecule has 4 nitrogen and oxygen atoms in total. The molecule has 0 fully saturated rings. The molecular formula is C37H35IN2O2. The highest BCUT2D eigenvalue weighted by Crippen LogP contribution is 2.44. The Bertz CT molecular complexity index is 1720. The van der Waals surface area contributed by atoms with E-state index in [1.165, 1.54) is 27.7 Å². The van der Waals surface area contributed by atoms with E-state index in [-0.39, 0.29) is 29.4 Å². The molecule has 0 aromatic heterocycles. The molecule has 212 valence electrons. The van der Waals surface area contributed by atoms with Crippen LogP contribution >= 0.6 is 0 Å². The van der Waals surface area contributed by atoms with Gasteiger partial charge < -0.3 is 38.4 Å². The van der Waals surface area contributed by atoms with Crippen LogP contribution in [0.5, 0.6) is 11.5 Å². The van der Waals surface area contributed by atoms with Crippen molar-refractivity contribution in [3.63, 3.8) is 0 Å². The fourth-order valence-corrected chi connectivity index (χ4v) is 6.01. The van der Waals surface area contributed by atoms with Gasteiger partial charge in [-0.2, -0.15) is 4.58 Å². The Morgan fingerprint density at radius 2 is 1.17 bits per heavy atom. The molecule has 5 aromatic carbocycles. The summed E-state index contributed by atoms with van der Waals surface area (Å²) in [7, 11) is 5.55. The van der Waals surface area contributed by atoms with Crippen molar-refractivity contribution in [2.45, 2.75) is 19.3 Å². The largest absolute Gasteiger partial charge is 1.00 e. The average Bonchev–Trinajstić information content (AvgIpc) is 3.21. The Labute approximate surface area is 265 Å². The van der Waals surface area contributed by atoms with E-state index in [1.54, 1.807) is 14.2 Å². The van der Waals surface area contributed by atoms with E-state index < -0.39 is 0 Å². The predicted molar refractivity (Wildman–Crippen MR) is 171 cm³/mol. The molecule has 0 bridgehead atoms. The molecule has 0 spiro atoms. The first kappa shape index (κ1) is 29.4. The molecule has 0 saturated carbocycles. The lowest BCUT2D eigenvalue weighted by Crippen LogP contribution is -3.00. The Kier molecular flexibility index (Phi) is 8.41. The standard InChI is InChI=1S/C37H35N2O2.HI/c1-37(2)35(38(3)34-24-13-27-8-6-7-9-33(27)36(34)37)25-12-26-10-14-28(15-11-26)39(29-16-20-31(40-4)21-17-29)30-18-22-32(41-5)23-19-30;/h6-25H,1-5H3;1H/q+1;/p-1. The van der Waals surface area contributed by atoms with Crippen molar-refractivity contribution in [3.05, 3.63) is 126 Å². The van der Waals surface area contributed by atoms with Crippen molar-refractivity contribution in [2.24, 2.45) is 0 Å². The third-order valence-electron chi connectivity index (χ3n) is 8.14. The summed E-state index contributed by atoms with van der Waals surface area (Å²) in [6.45, 7) is 4.65. The molecule has 5 heteroatoms. The van der Waals surface area contributed by atoms with Gasteiger partial charge in [-0.05, 0) is 103 Å². The molecular weight excluding hydrogens is 631 g/mol. The second kappa shape index (κ2) is 12.0. The van der Waals surface area contributed by atoms with Crippen LogP contribution < -0.4 is 38.4 Å². The van der Waals surface area contributed by atoms with Crippen molar-refractivity contribution >= 4 is 45.3 Å². The summed E-state index contributed by atoms with van der Waals surface area (Å²) >= 11 is 0. The second-order valence-electron chi connectivity index (χ2n) is 10.9. The molecule has 0 aliphatic carbocycles. The summed E-state index contributed by atoms with van der Waals surface area (Å²) < 4.78 is 13.1. The molecule has 1 aliphatic heterocycles. The first-order valence-corrected chi connectivity index (χ1v) is 13.9. The first-order valence-electron chi connectivity index (χ1n) is 13.9. The quantitative estimate of drug-likeness (QED) is 0.156. The summed E-state index contributed by atoms with van der Waals surface area (Å²) in [6.07, 6.45) is 4.49. The lowest BCUT2D eigenvalue weighted by Gasteiger charge is -2.26. The number of rotatable bonds is 7. The van der Waals surface area contributed by atoms with Crippen molar-refractivity contribution in [3.8, 4) is 11.5 Å². The third kappa shape index (κ3) is 5.29. The molecule has 0 radical (unpaired) electrons. The monoisotopic (exact) mass is 666 g/mol. The lowest BCUT2D eigenvalue weighted by molar-refractivity contribution is -0.401. The van der Waals surface area contributed by atoms with Gasteiger partial charge in [0, 0.05) is 34.8 Å². The SMILES string of the molecule is COc1ccc(N(c2ccc(/C=C/C3=[N+](C)c4ccc5ccccc5c4C3(C)C)cc2)c2ccc(OC)cc2)cc1.[I-]. The normalized spacial score (nSPS) is 13.6. The second-order valence-corrected chi connectivity index (χ2v) is 10.9. The average molecular weight is 667 g/mol. The van der Waals surface area contributed by atoms with Crippen molar-refractivity contribution in [1.29, 1.82) is 0 Å². The molecule has 42 heavy (non-hydrogen) atoms. The van der Waals surface area contributed by atoms with Gasteiger partial charge in [-0.3, -0.25) is 0 Å². The maximum atomic E-state index is 5.39. The molecule has 1 heterocycles. The highest BCUT2D eigenvalue weighted by molar-refractivity contribution is 6.09. The maximum Gasteiger partial charge on any atom is 0.210 e. The number of ether oxygens (including phenoxy) is 2. The lowest BCUT2D eigenvalue weighted by atomic mass is 9.79. The zero-order chi connectivity index (χ0) is 28.6. The number of hydrogen-bond donors (Lipinski definition) is 0. The van der Waals surface area contributed by atoms with Gasteiger partial charge in [0.1, 0.15) is 18.5 Å². The van der Waals surface area contributed by atoms with Crippen LogP contribution in [0.4, 0.5) is 22.7 Å². The minimum Gasteiger partial charge on any atom is -1.00 e. The number of anilines is 3. The number of methoxy groups -OCH3 is 2. The van der Waals surface area contributed by atoms with Crippen LogP contribution in [0.3, 0.4) is 0 Å². The van der Waals surface area contributed by atoms with E-state index in [9.17, 15) is 0 Å². The van der Waals surface area contributed by atoms with E-state index in [0.29, 0.717) is 0 Å². The predicted octanol–water partition coefficient (Wildman–Crippen LogP) is 6.05. The molecule has 0 unspecified atom stereocenters. The van der Waals surface area contributed by atoms with Gasteiger partial charge in [-0.25, -0.2) is 0 Å². The van der Waals surface area contributed by atoms with Gasteiger partial charge in [-0.15, -0.1) is 0 Å². The summed E-state index contributed by atoms with van der Waals surface area (Å²) in [5, 5.41) is 2.61. The van der Waals surface area contributed by atoms with Gasteiger partial charge in [0.25, 0.3) is 0 Å². The van der Waals surface area contributed by atoms with Crippen LogP contribution in [0.15, 0.2) is 115 Å². The Morgan fingerprint density at radius 1 is 0.643 bits per heavy atom. The topological polar surface area (TPSA) is 24.7 Å². The minimum atomic E-state index is -0.110. The van der Waals surface area contributed by atoms with E-state index in [4.69, 9.17) is 9.47 Å². The summed E-state index contributed by atoms with van der Waals surface area (Å²) in [5.74, 6) is 1.66. The fourth-order valence-electron chi connectivity index (χ4n) is 6.01. The van der Waals surface area contributed by atoms with E-state index >= 15 is 0 Å². The van der Waals surface area contributed by atoms with Gasteiger partial charge in [0.05, 0.1) is 19.6 Å². The molecule has 0 saturated heterocycles. The highest BCUT2D eigenvalue weighted by atomic mass is 127. The van der Waals surface area contributed by atoms with Gasteiger partial charge in [0.2, 0.25) is 5.69 Å². The van der Waals surface area contributed by atoms with Crippen molar-refractivity contribution in [2.75, 3.05) is 26.2 Å². The van der Waals surface area contributed by atoms with Crippen LogP contribution in [0.25, 0.3) is 16.8 Å². The van der Waals surface area contributed by atoms with Crippen LogP contribution in [0.2, 0.25) is 0 Å². The highest BCUT2D eigenvalue weighted by Gasteiger charge is 2.44. The maximum absolute atomic E-state index is 5.39. The van der Waals surface area contributed by atoms with Crippen LogP contribution in [0, 0.1) is 0 Å². The molecule has 5 aromatic rings. The molecule has 0 N–H and O–H groups in total. The number of hydrogen-bond acceptors (Lipinski definition) is 3. The number of halogens is 1. The smallest absolute Gasteiger partial charge is 0.210 e. The fraction of sp³-hybridized carbons (Fsp3) is 0.162. The summed E-state index contributed by atoms with van der Waals surface area (Å²) in [5.41, 5.74) is 8.16. The third-order valence-corrected chi connectivity index (χ3v) is 8.14. The van der Waals surface area contributed by atoms with E-state index in [0.717, 1.165) is 34.1 Å². The number of benzene rings is 5. The Morgan fingerprint density at radius 3 is 1.71 bits per heavy atom. The molecule has 6 rings (SSSR count). The molecule has 0 atom stereocenters. The molecule has 0 amide bonds.